The van der Waals surface area contributed by atoms with Gasteiger partial charge in [0.1, 0.15) is 0 Å². The molecule has 182 valence electrons. The molecular formula is C28H29Cl2N3O2. The number of halogens is 2. The van der Waals surface area contributed by atoms with Crippen LogP contribution in [0.5, 0.6) is 0 Å². The van der Waals surface area contributed by atoms with E-state index in [1.54, 1.807) is 6.07 Å². The molecule has 5 rings (SSSR count). The number of fused-ring (bicyclic) bond motifs is 1. The minimum atomic E-state index is -0.219. The summed E-state index contributed by atoms with van der Waals surface area (Å²) in [7, 11) is 0. The summed E-state index contributed by atoms with van der Waals surface area (Å²) in [6, 6.07) is 19.8. The summed E-state index contributed by atoms with van der Waals surface area (Å²) in [5.74, 6) is -0.241. The lowest BCUT2D eigenvalue weighted by Crippen LogP contribution is -2.29. The van der Waals surface area contributed by atoms with Gasteiger partial charge in [0.25, 0.3) is 5.91 Å². The number of amides is 2. The minimum Gasteiger partial charge on any atom is -0.326 e. The second kappa shape index (κ2) is 11.3. The number of carbonyl (C=O) groups is 2. The molecule has 2 aliphatic heterocycles. The maximum Gasteiger partial charge on any atom is 0.255 e. The van der Waals surface area contributed by atoms with Gasteiger partial charge in [-0.3, -0.25) is 14.5 Å². The molecule has 0 aromatic heterocycles. The van der Waals surface area contributed by atoms with Crippen molar-refractivity contribution in [2.75, 3.05) is 23.7 Å². The molecule has 35 heavy (non-hydrogen) atoms. The Labute approximate surface area is 217 Å². The average molecular weight is 510 g/mol. The number of anilines is 2. The number of hydrogen-bond acceptors (Lipinski definition) is 3. The summed E-state index contributed by atoms with van der Waals surface area (Å²) in [4.78, 5) is 27.5. The number of nitrogens with zero attached hydrogens (tertiary/aromatic N) is 1. The highest BCUT2D eigenvalue weighted by atomic mass is 35.5. The van der Waals surface area contributed by atoms with E-state index in [9.17, 15) is 9.59 Å². The smallest absolute Gasteiger partial charge is 0.255 e. The van der Waals surface area contributed by atoms with E-state index in [4.69, 9.17) is 11.6 Å². The Bertz CT molecular complexity index is 1220. The molecule has 1 fully saturated rings. The summed E-state index contributed by atoms with van der Waals surface area (Å²) in [6.45, 7) is 2.99. The molecular weight excluding hydrogens is 481 g/mol. The zero-order chi connectivity index (χ0) is 23.5. The Morgan fingerprint density at radius 1 is 0.971 bits per heavy atom. The monoisotopic (exact) mass is 509 g/mol. The van der Waals surface area contributed by atoms with Crippen molar-refractivity contribution in [3.05, 3.63) is 82.4 Å². The molecule has 2 amide bonds. The number of piperidine rings is 1. The van der Waals surface area contributed by atoms with Crippen molar-refractivity contribution in [3.8, 4) is 11.1 Å². The summed E-state index contributed by atoms with van der Waals surface area (Å²) in [6.07, 6.45) is 4.81. The zero-order valence-corrected chi connectivity index (χ0v) is 21.1. The Kier molecular flexibility index (Phi) is 8.11. The van der Waals surface area contributed by atoms with E-state index in [0.717, 1.165) is 41.9 Å². The number of aryl methyl sites for hydroxylation is 1. The first-order valence-corrected chi connectivity index (χ1v) is 12.3. The summed E-state index contributed by atoms with van der Waals surface area (Å²) < 4.78 is 0. The van der Waals surface area contributed by atoms with Crippen molar-refractivity contribution in [3.63, 3.8) is 0 Å². The predicted octanol–water partition coefficient (Wildman–Crippen LogP) is 6.55. The fraction of sp³-hybridized carbons (Fsp3) is 0.286. The average Bonchev–Trinajstić information content (AvgIpc) is 2.86. The molecule has 2 aliphatic rings. The summed E-state index contributed by atoms with van der Waals surface area (Å²) in [5.41, 5.74) is 6.22. The van der Waals surface area contributed by atoms with Gasteiger partial charge in [0, 0.05) is 24.2 Å². The Balaban J connectivity index is 0.00000289. The highest BCUT2D eigenvalue weighted by Gasteiger charge is 2.20. The molecule has 1 saturated heterocycles. The van der Waals surface area contributed by atoms with Gasteiger partial charge in [-0.05, 0) is 78.9 Å². The molecule has 3 aromatic rings. The maximum atomic E-state index is 13.2. The SMILES string of the molecule is Cl.O=C1CCc2cc(Cl)c(NC(=O)c3ccc(-c4ccccc4)c(CN4CCCCC4)c3)cc2N1. The van der Waals surface area contributed by atoms with Crippen LogP contribution in [0.1, 0.15) is 47.2 Å². The van der Waals surface area contributed by atoms with Gasteiger partial charge < -0.3 is 10.6 Å². The molecule has 0 aliphatic carbocycles. The third-order valence-electron chi connectivity index (χ3n) is 6.63. The Hall–Kier alpha value is -2.86. The van der Waals surface area contributed by atoms with Crippen LogP contribution in [0.15, 0.2) is 60.7 Å². The van der Waals surface area contributed by atoms with Crippen LogP contribution in [-0.4, -0.2) is 29.8 Å². The summed E-state index contributed by atoms with van der Waals surface area (Å²) >= 11 is 6.46. The van der Waals surface area contributed by atoms with E-state index in [1.807, 2.05) is 42.5 Å². The standard InChI is InChI=1S/C28H28ClN3O2.ClH/c29-24-16-20-10-12-27(33)30-25(20)17-26(24)31-28(34)21-9-11-23(19-7-3-1-4-8-19)22(15-21)18-32-13-5-2-6-14-32;/h1,3-4,7-9,11,15-17H,2,5-6,10,12-14,18H2,(H,30,33)(H,31,34);1H. The zero-order valence-electron chi connectivity index (χ0n) is 19.5. The molecule has 5 nitrogen and oxygen atoms in total. The Morgan fingerprint density at radius 2 is 1.74 bits per heavy atom. The Morgan fingerprint density at radius 3 is 2.51 bits per heavy atom. The second-order valence-corrected chi connectivity index (χ2v) is 9.47. The lowest BCUT2D eigenvalue weighted by Gasteiger charge is -2.27. The van der Waals surface area contributed by atoms with Crippen LogP contribution in [0.4, 0.5) is 11.4 Å². The summed E-state index contributed by atoms with van der Waals surface area (Å²) in [5, 5.41) is 6.28. The molecule has 3 aromatic carbocycles. The molecule has 2 N–H and O–H groups in total. The van der Waals surface area contributed by atoms with Crippen molar-refractivity contribution in [1.29, 1.82) is 0 Å². The first-order chi connectivity index (χ1) is 16.6. The second-order valence-electron chi connectivity index (χ2n) is 9.07. The topological polar surface area (TPSA) is 61.4 Å². The van der Waals surface area contributed by atoms with Gasteiger partial charge in [-0.1, -0.05) is 54.4 Å². The fourth-order valence-corrected chi connectivity index (χ4v) is 5.05. The molecule has 7 heteroatoms. The van der Waals surface area contributed by atoms with Crippen LogP contribution in [0.3, 0.4) is 0 Å². The fourth-order valence-electron chi connectivity index (χ4n) is 4.81. The molecule has 0 unspecified atom stereocenters. The van der Waals surface area contributed by atoms with Crippen molar-refractivity contribution < 1.29 is 9.59 Å². The maximum absolute atomic E-state index is 13.2. The van der Waals surface area contributed by atoms with Crippen LogP contribution in [0.25, 0.3) is 11.1 Å². The van der Waals surface area contributed by atoms with E-state index >= 15 is 0 Å². The van der Waals surface area contributed by atoms with E-state index in [1.165, 1.54) is 19.3 Å². The molecule has 0 saturated carbocycles. The van der Waals surface area contributed by atoms with Gasteiger partial charge in [-0.15, -0.1) is 12.4 Å². The van der Waals surface area contributed by atoms with Gasteiger partial charge in [0.15, 0.2) is 0 Å². The number of carbonyl (C=O) groups excluding carboxylic acids is 2. The number of rotatable bonds is 5. The van der Waals surface area contributed by atoms with E-state index in [0.29, 0.717) is 34.8 Å². The van der Waals surface area contributed by atoms with Gasteiger partial charge >= 0.3 is 0 Å². The molecule has 0 radical (unpaired) electrons. The molecule has 0 spiro atoms. The van der Waals surface area contributed by atoms with Crippen molar-refractivity contribution in [2.45, 2.75) is 38.6 Å². The van der Waals surface area contributed by atoms with Crippen LogP contribution in [0, 0.1) is 0 Å². The molecule has 2 heterocycles. The lowest BCUT2D eigenvalue weighted by atomic mass is 9.96. The highest BCUT2D eigenvalue weighted by Crippen LogP contribution is 2.33. The first kappa shape index (κ1) is 25.2. The highest BCUT2D eigenvalue weighted by molar-refractivity contribution is 6.34. The molecule has 0 atom stereocenters. The van der Waals surface area contributed by atoms with E-state index in [-0.39, 0.29) is 24.2 Å². The lowest BCUT2D eigenvalue weighted by molar-refractivity contribution is -0.116. The predicted molar refractivity (Wildman–Crippen MR) is 145 cm³/mol. The van der Waals surface area contributed by atoms with Gasteiger partial charge in [-0.2, -0.15) is 0 Å². The third kappa shape index (κ3) is 5.87. The quantitative estimate of drug-likeness (QED) is 0.409. The van der Waals surface area contributed by atoms with Crippen molar-refractivity contribution in [2.24, 2.45) is 0 Å². The number of nitrogens with one attached hydrogen (secondary N) is 2. The van der Waals surface area contributed by atoms with Gasteiger partial charge in [0.05, 0.1) is 10.7 Å². The molecule has 0 bridgehead atoms. The van der Waals surface area contributed by atoms with E-state index in [2.05, 4.69) is 27.7 Å². The van der Waals surface area contributed by atoms with Gasteiger partial charge in [-0.25, -0.2) is 0 Å². The number of hydrogen-bond donors (Lipinski definition) is 2. The normalized spacial score (nSPS) is 15.5. The number of benzene rings is 3. The van der Waals surface area contributed by atoms with E-state index < -0.39 is 0 Å². The largest absolute Gasteiger partial charge is 0.326 e. The van der Waals surface area contributed by atoms with Crippen LogP contribution in [-0.2, 0) is 17.8 Å². The minimum absolute atomic E-state index is 0. The van der Waals surface area contributed by atoms with Crippen molar-refractivity contribution in [1.82, 2.24) is 4.90 Å². The third-order valence-corrected chi connectivity index (χ3v) is 6.94. The van der Waals surface area contributed by atoms with Crippen LogP contribution in [0.2, 0.25) is 5.02 Å². The first-order valence-electron chi connectivity index (χ1n) is 11.9. The number of likely N-dealkylation sites (tertiary alicyclic amines) is 1. The van der Waals surface area contributed by atoms with Crippen molar-refractivity contribution >= 4 is 47.2 Å². The van der Waals surface area contributed by atoms with Crippen LogP contribution >= 0.6 is 24.0 Å². The van der Waals surface area contributed by atoms with Gasteiger partial charge in [0.2, 0.25) is 5.91 Å². The van der Waals surface area contributed by atoms with Crippen LogP contribution < -0.4 is 10.6 Å².